The second kappa shape index (κ2) is 10.1. The van der Waals surface area contributed by atoms with Crippen molar-refractivity contribution in [3.05, 3.63) is 51.9 Å². The number of carbonyl (C=O) groups excluding carboxylic acids is 1. The van der Waals surface area contributed by atoms with Gasteiger partial charge in [0.05, 0.1) is 27.0 Å². The molecule has 0 atom stereocenters. The summed E-state index contributed by atoms with van der Waals surface area (Å²) < 4.78 is 17.9. The molecular formula is C20H25N3O5. The van der Waals surface area contributed by atoms with Gasteiger partial charge in [0.25, 0.3) is 11.5 Å². The molecule has 0 aliphatic rings. The molecule has 0 aliphatic heterocycles. The van der Waals surface area contributed by atoms with E-state index in [1.165, 1.54) is 31.1 Å². The van der Waals surface area contributed by atoms with Crippen LogP contribution in [0.5, 0.6) is 17.2 Å². The molecule has 0 unspecified atom stereocenters. The lowest BCUT2D eigenvalue weighted by Gasteiger charge is -2.14. The van der Waals surface area contributed by atoms with Gasteiger partial charge in [-0.15, -0.1) is 0 Å². The molecule has 8 heteroatoms. The zero-order valence-corrected chi connectivity index (χ0v) is 16.5. The molecule has 0 bridgehead atoms. The first-order valence-electron chi connectivity index (χ1n) is 8.97. The second-order valence-corrected chi connectivity index (χ2v) is 5.82. The molecule has 150 valence electrons. The van der Waals surface area contributed by atoms with E-state index in [1.54, 1.807) is 24.4 Å². The van der Waals surface area contributed by atoms with Crippen LogP contribution in [0.25, 0.3) is 0 Å². The predicted octanol–water partition coefficient (Wildman–Crippen LogP) is 2.44. The van der Waals surface area contributed by atoms with E-state index in [0.29, 0.717) is 36.0 Å². The minimum absolute atomic E-state index is 0.0278. The Hall–Kier alpha value is -3.29. The van der Waals surface area contributed by atoms with Crippen molar-refractivity contribution in [2.24, 2.45) is 5.10 Å². The summed E-state index contributed by atoms with van der Waals surface area (Å²) in [6, 6.07) is 6.55. The van der Waals surface area contributed by atoms with Crippen molar-refractivity contribution in [3.8, 4) is 17.2 Å². The first-order chi connectivity index (χ1) is 13.5. The van der Waals surface area contributed by atoms with Gasteiger partial charge in [-0.3, -0.25) is 9.59 Å². The molecule has 2 aromatic rings. The van der Waals surface area contributed by atoms with Crippen molar-refractivity contribution in [1.29, 1.82) is 0 Å². The molecule has 1 aromatic carbocycles. The largest absolute Gasteiger partial charge is 0.493 e. The topological polar surface area (TPSA) is 91.1 Å². The maximum absolute atomic E-state index is 12.2. The zero-order valence-electron chi connectivity index (χ0n) is 16.5. The van der Waals surface area contributed by atoms with Gasteiger partial charge in [-0.25, -0.2) is 5.43 Å². The maximum Gasteiger partial charge on any atom is 0.276 e. The first kappa shape index (κ1) is 21.0. The molecule has 28 heavy (non-hydrogen) atoms. The number of benzene rings is 1. The molecule has 0 radical (unpaired) electrons. The molecule has 1 N–H and O–H groups in total. The van der Waals surface area contributed by atoms with E-state index >= 15 is 0 Å². The second-order valence-electron chi connectivity index (χ2n) is 5.82. The Kier molecular flexibility index (Phi) is 7.62. The standard InChI is InChI=1S/C20H25N3O5/c1-5-10-28-18-16(26-3)11-14(12-17(18)27-4)13-21-22-19(24)15-8-7-9-23(6-2)20(15)25/h7-9,11-13H,5-6,10H2,1-4H3,(H,22,24)/b21-13-. The number of hydrazone groups is 1. The minimum atomic E-state index is -0.578. The third-order valence-corrected chi connectivity index (χ3v) is 3.92. The average Bonchev–Trinajstić information content (AvgIpc) is 2.72. The van der Waals surface area contributed by atoms with Crippen molar-refractivity contribution >= 4 is 12.1 Å². The summed E-state index contributed by atoms with van der Waals surface area (Å²) in [5.74, 6) is 0.923. The Morgan fingerprint density at radius 3 is 2.46 bits per heavy atom. The number of rotatable bonds is 9. The van der Waals surface area contributed by atoms with Gasteiger partial charge >= 0.3 is 0 Å². The minimum Gasteiger partial charge on any atom is -0.493 e. The molecule has 0 saturated heterocycles. The summed E-state index contributed by atoms with van der Waals surface area (Å²) in [7, 11) is 3.06. The van der Waals surface area contributed by atoms with Crippen molar-refractivity contribution < 1.29 is 19.0 Å². The number of nitrogens with one attached hydrogen (secondary N) is 1. The summed E-state index contributed by atoms with van der Waals surface area (Å²) in [6.07, 6.45) is 3.91. The third-order valence-electron chi connectivity index (χ3n) is 3.92. The van der Waals surface area contributed by atoms with Crippen molar-refractivity contribution in [1.82, 2.24) is 9.99 Å². The number of aryl methyl sites for hydroxylation is 1. The lowest BCUT2D eigenvalue weighted by Crippen LogP contribution is -2.30. The Morgan fingerprint density at radius 2 is 1.89 bits per heavy atom. The summed E-state index contributed by atoms with van der Waals surface area (Å²) in [5.41, 5.74) is 2.67. The van der Waals surface area contributed by atoms with Gasteiger partial charge in [0.1, 0.15) is 5.56 Å². The van der Waals surface area contributed by atoms with Gasteiger partial charge in [0, 0.05) is 18.3 Å². The number of carbonyl (C=O) groups is 1. The van der Waals surface area contributed by atoms with E-state index in [9.17, 15) is 9.59 Å². The Labute approximate surface area is 163 Å². The smallest absolute Gasteiger partial charge is 0.276 e. The lowest BCUT2D eigenvalue weighted by atomic mass is 10.2. The van der Waals surface area contributed by atoms with Crippen LogP contribution >= 0.6 is 0 Å². The Balaban J connectivity index is 2.20. The van der Waals surface area contributed by atoms with E-state index in [1.807, 2.05) is 13.8 Å². The van der Waals surface area contributed by atoms with Crippen molar-refractivity contribution in [3.63, 3.8) is 0 Å². The molecule has 1 aromatic heterocycles. The first-order valence-corrected chi connectivity index (χ1v) is 8.97. The maximum atomic E-state index is 12.2. The summed E-state index contributed by atoms with van der Waals surface area (Å²) in [4.78, 5) is 24.4. The molecule has 0 aliphatic carbocycles. The number of pyridine rings is 1. The monoisotopic (exact) mass is 387 g/mol. The molecule has 1 heterocycles. The number of nitrogens with zero attached hydrogens (tertiary/aromatic N) is 2. The summed E-state index contributed by atoms with van der Waals surface area (Å²) in [5, 5.41) is 3.93. The highest BCUT2D eigenvalue weighted by Gasteiger charge is 2.14. The van der Waals surface area contributed by atoms with Crippen LogP contribution in [0.15, 0.2) is 40.4 Å². The fourth-order valence-corrected chi connectivity index (χ4v) is 2.51. The van der Waals surface area contributed by atoms with Crippen LogP contribution < -0.4 is 25.2 Å². The third kappa shape index (κ3) is 4.91. The van der Waals surface area contributed by atoms with Crippen LogP contribution in [0.1, 0.15) is 36.2 Å². The zero-order chi connectivity index (χ0) is 20.5. The number of hydrogen-bond acceptors (Lipinski definition) is 6. The lowest BCUT2D eigenvalue weighted by molar-refractivity contribution is 0.0953. The Bertz CT molecular complexity index is 880. The number of hydrogen-bond donors (Lipinski definition) is 1. The van der Waals surface area contributed by atoms with Crippen LogP contribution in [0, 0.1) is 0 Å². The van der Waals surface area contributed by atoms with Gasteiger partial charge in [-0.2, -0.15) is 5.10 Å². The van der Waals surface area contributed by atoms with Crippen LogP contribution in [0.3, 0.4) is 0 Å². The molecule has 0 spiro atoms. The van der Waals surface area contributed by atoms with Gasteiger partial charge in [-0.1, -0.05) is 6.92 Å². The highest BCUT2D eigenvalue weighted by Crippen LogP contribution is 2.38. The molecule has 2 rings (SSSR count). The van der Waals surface area contributed by atoms with E-state index in [4.69, 9.17) is 14.2 Å². The fraction of sp³-hybridized carbons (Fsp3) is 0.350. The van der Waals surface area contributed by atoms with E-state index < -0.39 is 5.91 Å². The van der Waals surface area contributed by atoms with Gasteiger partial charge in [0.15, 0.2) is 11.5 Å². The fourth-order valence-electron chi connectivity index (χ4n) is 2.51. The van der Waals surface area contributed by atoms with Crippen LogP contribution in [-0.2, 0) is 6.54 Å². The van der Waals surface area contributed by atoms with Crippen LogP contribution in [0.4, 0.5) is 0 Å². The van der Waals surface area contributed by atoms with Crippen LogP contribution in [-0.4, -0.2) is 37.5 Å². The van der Waals surface area contributed by atoms with Crippen LogP contribution in [0.2, 0.25) is 0 Å². The van der Waals surface area contributed by atoms with Gasteiger partial charge in [0.2, 0.25) is 5.75 Å². The number of methoxy groups -OCH3 is 2. The van der Waals surface area contributed by atoms with E-state index in [0.717, 1.165) is 6.42 Å². The van der Waals surface area contributed by atoms with E-state index in [2.05, 4.69) is 10.5 Å². The predicted molar refractivity (Wildman–Crippen MR) is 107 cm³/mol. The molecule has 8 nitrogen and oxygen atoms in total. The Morgan fingerprint density at radius 1 is 1.21 bits per heavy atom. The number of ether oxygens (including phenoxy) is 3. The molecule has 0 saturated carbocycles. The highest BCUT2D eigenvalue weighted by atomic mass is 16.5. The van der Waals surface area contributed by atoms with Crippen molar-refractivity contribution in [2.75, 3.05) is 20.8 Å². The van der Waals surface area contributed by atoms with Gasteiger partial charge < -0.3 is 18.8 Å². The molecular weight excluding hydrogens is 362 g/mol. The van der Waals surface area contributed by atoms with Crippen molar-refractivity contribution in [2.45, 2.75) is 26.8 Å². The highest BCUT2D eigenvalue weighted by molar-refractivity contribution is 5.94. The normalized spacial score (nSPS) is 10.7. The molecule has 1 amide bonds. The molecule has 0 fully saturated rings. The summed E-state index contributed by atoms with van der Waals surface area (Å²) in [6.45, 7) is 4.85. The SMILES string of the molecule is CCCOc1c(OC)cc(/C=N\NC(=O)c2cccn(CC)c2=O)cc1OC. The average molecular weight is 387 g/mol. The number of aromatic nitrogens is 1. The summed E-state index contributed by atoms with van der Waals surface area (Å²) >= 11 is 0. The van der Waals surface area contributed by atoms with Gasteiger partial charge in [-0.05, 0) is 37.6 Å². The quantitative estimate of drug-likeness (QED) is 0.527. The van der Waals surface area contributed by atoms with E-state index in [-0.39, 0.29) is 11.1 Å². The number of amides is 1.